The molecule has 9 nitrogen and oxygen atoms in total. The van der Waals surface area contributed by atoms with Crippen LogP contribution in [0, 0.1) is 0 Å². The van der Waals surface area contributed by atoms with Gasteiger partial charge in [0.15, 0.2) is 6.29 Å². The van der Waals surface area contributed by atoms with Crippen molar-refractivity contribution >= 4 is 23.9 Å². The monoisotopic (exact) mass is 376 g/mol. The van der Waals surface area contributed by atoms with Gasteiger partial charge in [-0.1, -0.05) is 0 Å². The Morgan fingerprint density at radius 2 is 2.22 bits per heavy atom. The molecule has 3 N–H and O–H groups in total. The number of pyridine rings is 1. The van der Waals surface area contributed by atoms with Gasteiger partial charge in [-0.05, 0) is 43.0 Å². The zero-order valence-electron chi connectivity index (χ0n) is 15.0. The Morgan fingerprint density at radius 1 is 1.33 bits per heavy atom. The van der Waals surface area contributed by atoms with Crippen LogP contribution in [0.5, 0.6) is 0 Å². The van der Waals surface area contributed by atoms with Crippen LogP contribution in [-0.4, -0.2) is 59.0 Å². The third-order valence-corrected chi connectivity index (χ3v) is 4.45. The third-order valence-electron chi connectivity index (χ3n) is 4.45. The molecule has 2 amide bonds. The van der Waals surface area contributed by atoms with Gasteiger partial charge in [0.1, 0.15) is 5.82 Å². The van der Waals surface area contributed by atoms with E-state index in [1.54, 1.807) is 18.3 Å². The molecule has 2 fully saturated rings. The van der Waals surface area contributed by atoms with Gasteiger partial charge in [0.2, 0.25) is 0 Å². The number of carbonyl (C=O) groups excluding carboxylic acids is 1. The molecular weight excluding hydrogens is 352 g/mol. The normalized spacial score (nSPS) is 22.7. The average molecular weight is 376 g/mol. The van der Waals surface area contributed by atoms with Gasteiger partial charge in [-0.3, -0.25) is 4.79 Å². The van der Waals surface area contributed by atoms with E-state index in [4.69, 9.17) is 14.7 Å². The Hall–Kier alpha value is -2.65. The van der Waals surface area contributed by atoms with E-state index in [2.05, 4.69) is 15.8 Å². The van der Waals surface area contributed by atoms with Crippen molar-refractivity contribution in [1.82, 2.24) is 15.4 Å². The number of carboxylic acid groups (broad SMARTS) is 1. The number of anilines is 1. The Morgan fingerprint density at radius 3 is 2.89 bits per heavy atom. The van der Waals surface area contributed by atoms with Gasteiger partial charge in [-0.15, -0.1) is 0 Å². The second-order valence-corrected chi connectivity index (χ2v) is 6.55. The Balaban J connectivity index is 1.42. The third kappa shape index (κ3) is 5.93. The molecule has 1 unspecified atom stereocenters. The maximum Gasteiger partial charge on any atom is 0.407 e. The number of aromatic nitrogens is 1. The smallest absolute Gasteiger partial charge is 0.407 e. The zero-order valence-corrected chi connectivity index (χ0v) is 15.0. The number of hydroxylamine groups is 1. The fraction of sp³-hybridized carbons (Fsp3) is 0.500. The van der Waals surface area contributed by atoms with E-state index in [0.717, 1.165) is 31.2 Å². The van der Waals surface area contributed by atoms with Crippen molar-refractivity contribution in [2.24, 2.45) is 0 Å². The van der Waals surface area contributed by atoms with Crippen LogP contribution in [0.4, 0.5) is 10.6 Å². The van der Waals surface area contributed by atoms with Crippen LogP contribution in [0.15, 0.2) is 24.4 Å². The van der Waals surface area contributed by atoms with Crippen LogP contribution in [0.2, 0.25) is 0 Å². The molecule has 2 saturated heterocycles. The van der Waals surface area contributed by atoms with Crippen LogP contribution in [-0.2, 0) is 14.4 Å². The number of rotatable bonds is 6. The molecule has 0 aliphatic carbocycles. The molecule has 1 aromatic heterocycles. The van der Waals surface area contributed by atoms with Gasteiger partial charge in [0.05, 0.1) is 0 Å². The molecular formula is C18H24N4O5. The summed E-state index contributed by atoms with van der Waals surface area (Å²) >= 11 is 0. The lowest BCUT2D eigenvalue weighted by molar-refractivity contribution is -0.198. The average Bonchev–Trinajstić information content (AvgIpc) is 3.15. The maximum absolute atomic E-state index is 11.8. The van der Waals surface area contributed by atoms with E-state index in [1.807, 2.05) is 6.07 Å². The van der Waals surface area contributed by atoms with Crippen LogP contribution < -0.4 is 10.8 Å². The Labute approximate surface area is 157 Å². The number of ether oxygens (including phenoxy) is 1. The van der Waals surface area contributed by atoms with E-state index in [1.165, 1.54) is 11.0 Å². The second-order valence-electron chi connectivity index (χ2n) is 6.55. The minimum absolute atomic E-state index is 0.0555. The largest absolute Gasteiger partial charge is 0.465 e. The summed E-state index contributed by atoms with van der Waals surface area (Å²) in [6.07, 6.45) is 6.94. The quantitative estimate of drug-likeness (QED) is 0.513. The van der Waals surface area contributed by atoms with Gasteiger partial charge in [0.25, 0.3) is 5.91 Å². The van der Waals surface area contributed by atoms with Gasteiger partial charge >= 0.3 is 6.09 Å². The lowest BCUT2D eigenvalue weighted by atomic mass is 10.2. The molecule has 3 heterocycles. The fourth-order valence-corrected chi connectivity index (χ4v) is 2.98. The summed E-state index contributed by atoms with van der Waals surface area (Å²) < 4.78 is 5.36. The summed E-state index contributed by atoms with van der Waals surface area (Å²) in [5.74, 6) is 0.303. The summed E-state index contributed by atoms with van der Waals surface area (Å²) in [6.45, 7) is 1.62. The molecule has 146 valence electrons. The van der Waals surface area contributed by atoms with E-state index in [9.17, 15) is 9.59 Å². The Bertz CT molecular complexity index is 673. The second kappa shape index (κ2) is 9.33. The highest BCUT2D eigenvalue weighted by Crippen LogP contribution is 2.15. The van der Waals surface area contributed by atoms with Crippen molar-refractivity contribution in [3.8, 4) is 0 Å². The summed E-state index contributed by atoms with van der Waals surface area (Å²) in [6, 6.07) is 3.68. The molecule has 0 saturated carbocycles. The minimum atomic E-state index is -0.898. The van der Waals surface area contributed by atoms with Crippen molar-refractivity contribution in [2.75, 3.05) is 25.0 Å². The molecule has 0 spiro atoms. The number of carbonyl (C=O) groups is 2. The topological polar surface area (TPSA) is 113 Å². The first-order valence-corrected chi connectivity index (χ1v) is 9.06. The highest BCUT2D eigenvalue weighted by Gasteiger charge is 2.25. The molecule has 2 aliphatic rings. The van der Waals surface area contributed by atoms with Crippen molar-refractivity contribution in [3.05, 3.63) is 30.0 Å². The van der Waals surface area contributed by atoms with Gasteiger partial charge in [-0.2, -0.15) is 0 Å². The lowest BCUT2D eigenvalue weighted by Gasteiger charge is -2.21. The van der Waals surface area contributed by atoms with Gasteiger partial charge in [-0.25, -0.2) is 20.1 Å². The number of hydrogen-bond acceptors (Lipinski definition) is 6. The van der Waals surface area contributed by atoms with Crippen LogP contribution in [0.25, 0.3) is 6.08 Å². The number of nitrogens with zero attached hydrogens (tertiary/aromatic N) is 2. The van der Waals surface area contributed by atoms with Crippen molar-refractivity contribution in [1.29, 1.82) is 0 Å². The highest BCUT2D eigenvalue weighted by molar-refractivity contribution is 5.90. The first-order valence-electron chi connectivity index (χ1n) is 9.06. The van der Waals surface area contributed by atoms with Crippen molar-refractivity contribution in [3.63, 3.8) is 0 Å². The Kier molecular flexibility index (Phi) is 6.61. The summed E-state index contributed by atoms with van der Waals surface area (Å²) in [4.78, 5) is 33.6. The molecule has 2 aliphatic heterocycles. The summed E-state index contributed by atoms with van der Waals surface area (Å²) in [5.41, 5.74) is 3.13. The number of hydrogen-bond donors (Lipinski definition) is 3. The molecule has 27 heavy (non-hydrogen) atoms. The zero-order chi connectivity index (χ0) is 19.1. The predicted molar refractivity (Wildman–Crippen MR) is 97.7 cm³/mol. The van der Waals surface area contributed by atoms with Crippen LogP contribution >= 0.6 is 0 Å². The fourth-order valence-electron chi connectivity index (χ4n) is 2.98. The lowest BCUT2D eigenvalue weighted by Crippen LogP contribution is -2.32. The molecule has 0 radical (unpaired) electrons. The standard InChI is InChI=1S/C18H24N4O5/c23-16(21-27-17-3-1-2-10-26-17)7-5-13-4-6-15(19-11-13)20-14-8-9-22(12-14)18(24)25/h4-7,11,14,17H,1-3,8-10,12H2,(H,19,20)(H,21,23)(H,24,25)/b7-5+/t14-,17?/m1/s1. The molecule has 1 aromatic rings. The van der Waals surface area contributed by atoms with Crippen LogP contribution in [0.1, 0.15) is 31.2 Å². The van der Waals surface area contributed by atoms with Crippen molar-refractivity contribution in [2.45, 2.75) is 38.0 Å². The predicted octanol–water partition coefficient (Wildman–Crippen LogP) is 1.83. The molecule has 0 bridgehead atoms. The SMILES string of the molecule is O=C(/C=C/c1ccc(N[C@@H]2CCN(C(=O)O)C2)nc1)NOC1CCCCO1. The summed E-state index contributed by atoms with van der Waals surface area (Å²) in [5, 5.41) is 12.2. The molecule has 2 atom stereocenters. The first-order chi connectivity index (χ1) is 13.1. The van der Waals surface area contributed by atoms with Crippen LogP contribution in [0.3, 0.4) is 0 Å². The van der Waals surface area contributed by atoms with Gasteiger partial charge < -0.3 is 20.1 Å². The van der Waals surface area contributed by atoms with E-state index >= 15 is 0 Å². The number of amides is 2. The van der Waals surface area contributed by atoms with Crippen molar-refractivity contribution < 1.29 is 24.3 Å². The van der Waals surface area contributed by atoms with E-state index < -0.39 is 6.09 Å². The molecule has 0 aromatic carbocycles. The minimum Gasteiger partial charge on any atom is -0.465 e. The number of likely N-dealkylation sites (tertiary alicyclic amines) is 1. The highest BCUT2D eigenvalue weighted by atomic mass is 16.8. The maximum atomic E-state index is 11.8. The number of nitrogens with one attached hydrogen (secondary N) is 2. The molecule has 9 heteroatoms. The van der Waals surface area contributed by atoms with E-state index in [-0.39, 0.29) is 18.2 Å². The molecule has 3 rings (SSSR count). The first kappa shape index (κ1) is 19.1. The van der Waals surface area contributed by atoms with Gasteiger partial charge in [0, 0.05) is 44.4 Å². The summed E-state index contributed by atoms with van der Waals surface area (Å²) in [7, 11) is 0. The van der Waals surface area contributed by atoms with E-state index in [0.29, 0.717) is 25.5 Å².